The predicted molar refractivity (Wildman–Crippen MR) is 134 cm³/mol. The van der Waals surface area contributed by atoms with E-state index in [4.69, 9.17) is 57.8 Å². The molecular weight excluding hydrogens is 520 g/mol. The van der Waals surface area contributed by atoms with Crippen molar-refractivity contribution in [3.8, 4) is 0 Å². The van der Waals surface area contributed by atoms with Crippen LogP contribution in [0.4, 0.5) is 0 Å². The molecule has 0 aromatic rings. The third-order valence-electron chi connectivity index (χ3n) is 7.98. The van der Waals surface area contributed by atoms with E-state index in [1.165, 1.54) is 0 Å². The van der Waals surface area contributed by atoms with Crippen LogP contribution in [0.1, 0.15) is 19.3 Å². The van der Waals surface area contributed by atoms with Gasteiger partial charge in [0.25, 0.3) is 0 Å². The SMILES string of the molecule is CNC1C(O[C@H]2OC(CO)[C@@H](NC(=N)N)CC2O)O[C@H]2CC(N)[C@@H](O[C@@H]3C(N)C[C@@H](N)C(O)C3N)OC2C1O. The molecule has 3 saturated heterocycles. The lowest BCUT2D eigenvalue weighted by molar-refractivity contribution is -0.366. The number of guanidine groups is 1. The maximum Gasteiger partial charge on any atom is 0.187 e. The summed E-state index contributed by atoms with van der Waals surface area (Å²) in [5, 5.41) is 54.9. The zero-order valence-corrected chi connectivity index (χ0v) is 21.8. The summed E-state index contributed by atoms with van der Waals surface area (Å²) < 4.78 is 29.9. The number of fused-ring (bicyclic) bond motifs is 1. The Labute approximate surface area is 226 Å². The molecule has 10 unspecified atom stereocenters. The van der Waals surface area contributed by atoms with Crippen molar-refractivity contribution < 1.29 is 44.1 Å². The van der Waals surface area contributed by atoms with Gasteiger partial charge in [0.1, 0.15) is 24.4 Å². The molecule has 1 aliphatic carbocycles. The molecule has 4 fully saturated rings. The monoisotopic (exact) mass is 564 g/mol. The highest BCUT2D eigenvalue weighted by molar-refractivity contribution is 5.74. The van der Waals surface area contributed by atoms with Gasteiger partial charge in [0.2, 0.25) is 0 Å². The van der Waals surface area contributed by atoms with Crippen LogP contribution < -0.4 is 39.3 Å². The summed E-state index contributed by atoms with van der Waals surface area (Å²) in [6, 6.07) is -4.06. The molecule has 0 aromatic heterocycles. The third-order valence-corrected chi connectivity index (χ3v) is 7.98. The number of nitrogens with two attached hydrogens (primary N) is 5. The Morgan fingerprint density at radius 3 is 2.26 bits per heavy atom. The first-order valence-electron chi connectivity index (χ1n) is 13.2. The van der Waals surface area contributed by atoms with Crippen molar-refractivity contribution in [2.75, 3.05) is 13.7 Å². The number of hydrogen-bond acceptors (Lipinski definition) is 15. The zero-order valence-electron chi connectivity index (χ0n) is 21.8. The van der Waals surface area contributed by atoms with Gasteiger partial charge in [-0.1, -0.05) is 0 Å². The van der Waals surface area contributed by atoms with Gasteiger partial charge in [-0.3, -0.25) is 5.41 Å². The lowest BCUT2D eigenvalue weighted by atomic mass is 9.83. The average molecular weight is 565 g/mol. The first-order valence-corrected chi connectivity index (χ1v) is 13.2. The number of ether oxygens (including phenoxy) is 5. The second-order valence-electron chi connectivity index (χ2n) is 10.8. The summed E-state index contributed by atoms with van der Waals surface area (Å²) in [7, 11) is 1.60. The standard InChI is InChI=1S/C22H44N8O9/c1-29-14-16(34)18-11(3-8(25)19(38-18)37-17-7(24)2-6(23)15(33)13(17)26)35-21(14)39-20-10(32)4-9(30-22(27)28)12(5-31)36-20/h6-21,29,31-34H,2-5,23-26H2,1H3,(H4,27,28,30)/t6-,7?,8?,9+,10?,11+,12?,13?,14?,15?,16?,17-,18?,19+,20-,21?/m1/s1. The zero-order chi connectivity index (χ0) is 28.6. The number of hydrogen-bond donors (Lipinski definition) is 12. The van der Waals surface area contributed by atoms with Gasteiger partial charge in [-0.25, -0.2) is 0 Å². The topological polar surface area (TPSA) is 305 Å². The van der Waals surface area contributed by atoms with Crippen molar-refractivity contribution in [2.24, 2.45) is 28.7 Å². The van der Waals surface area contributed by atoms with Crippen molar-refractivity contribution in [3.05, 3.63) is 0 Å². The van der Waals surface area contributed by atoms with Crippen LogP contribution in [-0.4, -0.2) is 138 Å². The summed E-state index contributed by atoms with van der Waals surface area (Å²) in [5.74, 6) is -0.322. The second-order valence-corrected chi connectivity index (χ2v) is 10.8. The molecule has 4 aliphatic rings. The Morgan fingerprint density at radius 1 is 0.897 bits per heavy atom. The van der Waals surface area contributed by atoms with Gasteiger partial charge in [0.05, 0.1) is 49.1 Å². The normalized spacial score (nSPS) is 50.7. The highest BCUT2D eigenvalue weighted by atomic mass is 16.8. The second kappa shape index (κ2) is 12.7. The maximum atomic E-state index is 11.2. The Morgan fingerprint density at radius 2 is 1.62 bits per heavy atom. The van der Waals surface area contributed by atoms with Crippen LogP contribution in [0.25, 0.3) is 0 Å². The van der Waals surface area contributed by atoms with Crippen molar-refractivity contribution in [1.29, 1.82) is 5.41 Å². The number of likely N-dealkylation sites (N-methyl/N-ethyl adjacent to an activating group) is 1. The van der Waals surface area contributed by atoms with E-state index in [0.717, 1.165) is 0 Å². The number of aliphatic hydroxyl groups excluding tert-OH is 4. The fourth-order valence-corrected chi connectivity index (χ4v) is 5.83. The Balaban J connectivity index is 1.41. The number of aliphatic hydroxyl groups is 4. The van der Waals surface area contributed by atoms with Crippen molar-refractivity contribution in [3.63, 3.8) is 0 Å². The van der Waals surface area contributed by atoms with Gasteiger partial charge in [0, 0.05) is 18.5 Å². The lowest BCUT2D eigenvalue weighted by Gasteiger charge is -2.51. The molecular formula is C22H44N8O9. The largest absolute Gasteiger partial charge is 0.394 e. The molecule has 3 aliphatic heterocycles. The van der Waals surface area contributed by atoms with Crippen LogP contribution in [-0.2, 0) is 23.7 Å². The summed E-state index contributed by atoms with van der Waals surface area (Å²) in [5.41, 5.74) is 30.0. The van der Waals surface area contributed by atoms with Gasteiger partial charge >= 0.3 is 0 Å². The summed E-state index contributed by atoms with van der Waals surface area (Å²) in [6.45, 7) is -0.410. The van der Waals surface area contributed by atoms with Crippen LogP contribution >= 0.6 is 0 Å². The Bertz CT molecular complexity index is 832. The van der Waals surface area contributed by atoms with E-state index in [-0.39, 0.29) is 18.8 Å². The molecule has 3 heterocycles. The van der Waals surface area contributed by atoms with Gasteiger partial charge in [-0.15, -0.1) is 0 Å². The highest BCUT2D eigenvalue weighted by Gasteiger charge is 2.53. The number of rotatable bonds is 7. The van der Waals surface area contributed by atoms with E-state index in [1.807, 2.05) is 0 Å². The fourth-order valence-electron chi connectivity index (χ4n) is 5.83. The smallest absolute Gasteiger partial charge is 0.187 e. The molecule has 0 spiro atoms. The van der Waals surface area contributed by atoms with E-state index in [2.05, 4.69) is 10.6 Å². The molecule has 17 N–H and O–H groups in total. The molecule has 17 heteroatoms. The summed E-state index contributed by atoms with van der Waals surface area (Å²) in [4.78, 5) is 0. The van der Waals surface area contributed by atoms with Crippen molar-refractivity contribution >= 4 is 5.96 Å². The molecule has 1 saturated carbocycles. The van der Waals surface area contributed by atoms with Gasteiger partial charge < -0.3 is 83.4 Å². The number of nitrogens with one attached hydrogen (secondary N) is 3. The van der Waals surface area contributed by atoms with Crippen LogP contribution in [0.2, 0.25) is 0 Å². The Hall–Kier alpha value is -1.29. The molecule has 226 valence electrons. The third kappa shape index (κ3) is 6.47. The molecule has 0 amide bonds. The highest BCUT2D eigenvalue weighted by Crippen LogP contribution is 2.35. The summed E-state index contributed by atoms with van der Waals surface area (Å²) >= 11 is 0. The van der Waals surface area contributed by atoms with Gasteiger partial charge in [-0.2, -0.15) is 0 Å². The van der Waals surface area contributed by atoms with Gasteiger partial charge in [0.15, 0.2) is 24.8 Å². The van der Waals surface area contributed by atoms with Crippen LogP contribution in [0.5, 0.6) is 0 Å². The van der Waals surface area contributed by atoms with E-state index < -0.39 is 104 Å². The van der Waals surface area contributed by atoms with Crippen LogP contribution in [0, 0.1) is 5.41 Å². The molecule has 0 bridgehead atoms. The first kappa shape index (κ1) is 30.7. The summed E-state index contributed by atoms with van der Waals surface area (Å²) in [6.07, 6.45) is -9.08. The minimum absolute atomic E-state index is 0.0824. The van der Waals surface area contributed by atoms with Crippen LogP contribution in [0.15, 0.2) is 0 Å². The minimum atomic E-state index is -1.20. The molecule has 0 aromatic carbocycles. The van der Waals surface area contributed by atoms with Crippen molar-refractivity contribution in [2.45, 2.75) is 117 Å². The lowest BCUT2D eigenvalue weighted by Crippen LogP contribution is -2.70. The minimum Gasteiger partial charge on any atom is -0.394 e. The Kier molecular flexibility index (Phi) is 9.99. The quantitative estimate of drug-likeness (QED) is 0.101. The van der Waals surface area contributed by atoms with Gasteiger partial charge in [-0.05, 0) is 19.9 Å². The van der Waals surface area contributed by atoms with E-state index >= 15 is 0 Å². The predicted octanol–water partition coefficient (Wildman–Crippen LogP) is -6.43. The molecule has 16 atom stereocenters. The van der Waals surface area contributed by atoms with E-state index in [9.17, 15) is 20.4 Å². The van der Waals surface area contributed by atoms with E-state index in [1.54, 1.807) is 7.05 Å². The fraction of sp³-hybridized carbons (Fsp3) is 0.955. The molecule has 4 rings (SSSR count). The van der Waals surface area contributed by atoms with Crippen molar-refractivity contribution in [1.82, 2.24) is 10.6 Å². The van der Waals surface area contributed by atoms with Crippen LogP contribution in [0.3, 0.4) is 0 Å². The molecule has 0 radical (unpaired) electrons. The van der Waals surface area contributed by atoms with E-state index in [0.29, 0.717) is 6.42 Å². The average Bonchev–Trinajstić information content (AvgIpc) is 2.87. The molecule has 17 nitrogen and oxygen atoms in total. The molecule has 39 heavy (non-hydrogen) atoms. The maximum absolute atomic E-state index is 11.2. The first-order chi connectivity index (χ1) is 18.4.